The van der Waals surface area contributed by atoms with Gasteiger partial charge in [0.25, 0.3) is 10.0 Å². The second kappa shape index (κ2) is 11.2. The van der Waals surface area contributed by atoms with Crippen molar-refractivity contribution < 1.29 is 13.2 Å². The van der Waals surface area contributed by atoms with Gasteiger partial charge in [-0.1, -0.05) is 91.0 Å². The van der Waals surface area contributed by atoms with Crippen molar-refractivity contribution in [2.24, 2.45) is 0 Å². The van der Waals surface area contributed by atoms with Crippen LogP contribution in [0.5, 0.6) is 0 Å². The van der Waals surface area contributed by atoms with E-state index in [4.69, 9.17) is 0 Å². The number of amides is 1. The number of anilines is 1. The first-order valence-corrected chi connectivity index (χ1v) is 13.3. The molecular formula is C30H30N2O3S. The van der Waals surface area contributed by atoms with Crippen molar-refractivity contribution in [1.82, 2.24) is 4.90 Å². The van der Waals surface area contributed by atoms with E-state index in [2.05, 4.69) is 0 Å². The first-order chi connectivity index (χ1) is 17.3. The summed E-state index contributed by atoms with van der Waals surface area (Å²) in [7, 11) is -3.98. The van der Waals surface area contributed by atoms with Gasteiger partial charge < -0.3 is 4.90 Å². The van der Waals surface area contributed by atoms with Crippen LogP contribution >= 0.6 is 0 Å². The number of rotatable bonds is 9. The van der Waals surface area contributed by atoms with Gasteiger partial charge in [0.05, 0.1) is 10.6 Å². The Morgan fingerprint density at radius 1 is 0.694 bits per heavy atom. The summed E-state index contributed by atoms with van der Waals surface area (Å²) >= 11 is 0. The van der Waals surface area contributed by atoms with E-state index >= 15 is 0 Å². The third-order valence-electron chi connectivity index (χ3n) is 6.03. The Labute approximate surface area is 213 Å². The van der Waals surface area contributed by atoms with Gasteiger partial charge in [0.2, 0.25) is 5.91 Å². The largest absolute Gasteiger partial charge is 0.332 e. The lowest BCUT2D eigenvalue weighted by Gasteiger charge is -2.30. The Hall–Kier alpha value is -3.90. The highest BCUT2D eigenvalue weighted by Crippen LogP contribution is 2.28. The molecule has 0 N–H and O–H groups in total. The van der Waals surface area contributed by atoms with Gasteiger partial charge in [0, 0.05) is 13.1 Å². The summed E-state index contributed by atoms with van der Waals surface area (Å²) in [4.78, 5) is 15.7. The van der Waals surface area contributed by atoms with E-state index in [1.54, 1.807) is 35.2 Å². The maximum Gasteiger partial charge on any atom is 0.264 e. The molecule has 0 radical (unpaired) electrons. The molecule has 1 amide bonds. The number of nitrogens with zero attached hydrogens (tertiary/aromatic N) is 2. The van der Waals surface area contributed by atoms with Gasteiger partial charge in [0.1, 0.15) is 6.54 Å². The number of benzene rings is 4. The van der Waals surface area contributed by atoms with Gasteiger partial charge in [-0.2, -0.15) is 0 Å². The summed E-state index contributed by atoms with van der Waals surface area (Å²) in [6.45, 7) is 4.22. The summed E-state index contributed by atoms with van der Waals surface area (Å²) < 4.78 is 28.9. The Kier molecular flexibility index (Phi) is 7.86. The monoisotopic (exact) mass is 498 g/mol. The Morgan fingerprint density at radius 3 is 1.72 bits per heavy atom. The third kappa shape index (κ3) is 6.01. The number of hydrogen-bond acceptors (Lipinski definition) is 3. The van der Waals surface area contributed by atoms with Gasteiger partial charge >= 0.3 is 0 Å². The molecule has 36 heavy (non-hydrogen) atoms. The average Bonchev–Trinajstić information content (AvgIpc) is 2.90. The molecule has 0 fully saturated rings. The Balaban J connectivity index is 1.72. The van der Waals surface area contributed by atoms with Crippen LogP contribution in [0.15, 0.2) is 114 Å². The van der Waals surface area contributed by atoms with Crippen LogP contribution in [-0.4, -0.2) is 25.8 Å². The molecule has 0 saturated carbocycles. The SMILES string of the molecule is Cc1ccc(C)c(N(CC(=O)N(Cc2ccccc2)Cc2ccccc2)S(=O)(=O)c2ccccc2)c1. The molecule has 0 atom stereocenters. The van der Waals surface area contributed by atoms with Crippen LogP contribution in [0.25, 0.3) is 0 Å². The summed E-state index contributed by atoms with van der Waals surface area (Å²) in [6, 6.07) is 33.4. The van der Waals surface area contributed by atoms with Crippen LogP contribution in [0.1, 0.15) is 22.3 Å². The van der Waals surface area contributed by atoms with Crippen LogP contribution in [0, 0.1) is 13.8 Å². The molecule has 0 aliphatic carbocycles. The predicted octanol–water partition coefficient (Wildman–Crippen LogP) is 5.73. The lowest BCUT2D eigenvalue weighted by Crippen LogP contribution is -2.43. The molecule has 4 aromatic rings. The molecule has 184 valence electrons. The molecule has 0 unspecified atom stereocenters. The molecule has 0 aliphatic rings. The normalized spacial score (nSPS) is 11.2. The maximum absolute atomic E-state index is 13.8. The minimum atomic E-state index is -3.98. The third-order valence-corrected chi connectivity index (χ3v) is 7.80. The molecule has 6 heteroatoms. The van der Waals surface area contributed by atoms with Crippen molar-refractivity contribution in [3.63, 3.8) is 0 Å². The zero-order chi connectivity index (χ0) is 25.5. The van der Waals surface area contributed by atoms with E-state index in [0.717, 1.165) is 22.3 Å². The molecule has 4 rings (SSSR count). The predicted molar refractivity (Wildman–Crippen MR) is 144 cm³/mol. The smallest absolute Gasteiger partial charge is 0.264 e. The van der Waals surface area contributed by atoms with Gasteiger partial charge in [-0.3, -0.25) is 9.10 Å². The lowest BCUT2D eigenvalue weighted by atomic mass is 10.1. The molecule has 0 bridgehead atoms. The molecule has 0 spiro atoms. The summed E-state index contributed by atoms with van der Waals surface area (Å²) in [5, 5.41) is 0. The molecule has 0 aromatic heterocycles. The minimum absolute atomic E-state index is 0.149. The van der Waals surface area contributed by atoms with E-state index in [1.165, 1.54) is 4.31 Å². The fourth-order valence-electron chi connectivity index (χ4n) is 4.07. The highest BCUT2D eigenvalue weighted by molar-refractivity contribution is 7.92. The minimum Gasteiger partial charge on any atom is -0.332 e. The zero-order valence-corrected chi connectivity index (χ0v) is 21.4. The molecule has 0 aliphatic heterocycles. The fourth-order valence-corrected chi connectivity index (χ4v) is 5.56. The lowest BCUT2D eigenvalue weighted by molar-refractivity contribution is -0.130. The second-order valence-corrected chi connectivity index (χ2v) is 10.7. The number of carbonyl (C=O) groups is 1. The number of sulfonamides is 1. The van der Waals surface area contributed by atoms with Crippen LogP contribution in [0.3, 0.4) is 0 Å². The van der Waals surface area contributed by atoms with Crippen LogP contribution in [0.2, 0.25) is 0 Å². The van der Waals surface area contributed by atoms with Crippen LogP contribution in [-0.2, 0) is 27.9 Å². The Morgan fingerprint density at radius 2 is 1.19 bits per heavy atom. The van der Waals surface area contributed by atoms with E-state index in [-0.39, 0.29) is 17.3 Å². The number of carbonyl (C=O) groups excluding carboxylic acids is 1. The first-order valence-electron chi connectivity index (χ1n) is 11.9. The molecule has 4 aromatic carbocycles. The summed E-state index contributed by atoms with van der Waals surface area (Å²) in [5.74, 6) is -0.275. The molecule has 0 heterocycles. The van der Waals surface area contributed by atoms with Crippen molar-refractivity contribution >= 4 is 21.6 Å². The fraction of sp³-hybridized carbons (Fsp3) is 0.167. The average molecular weight is 499 g/mol. The second-order valence-electron chi connectivity index (χ2n) is 8.84. The topological polar surface area (TPSA) is 57.7 Å². The van der Waals surface area contributed by atoms with Crippen molar-refractivity contribution in [2.75, 3.05) is 10.8 Å². The van der Waals surface area contributed by atoms with Gasteiger partial charge in [-0.15, -0.1) is 0 Å². The van der Waals surface area contributed by atoms with Crippen molar-refractivity contribution in [2.45, 2.75) is 31.8 Å². The van der Waals surface area contributed by atoms with E-state index in [1.807, 2.05) is 92.7 Å². The number of hydrogen-bond donors (Lipinski definition) is 0. The van der Waals surface area contributed by atoms with Crippen molar-refractivity contribution in [3.8, 4) is 0 Å². The van der Waals surface area contributed by atoms with Crippen LogP contribution < -0.4 is 4.31 Å². The van der Waals surface area contributed by atoms with E-state index in [9.17, 15) is 13.2 Å². The van der Waals surface area contributed by atoms with Gasteiger partial charge in [-0.05, 0) is 54.3 Å². The maximum atomic E-state index is 13.8. The standard InChI is InChI=1S/C30H30N2O3S/c1-24-18-19-25(2)29(20-24)32(36(34,35)28-16-10-5-11-17-28)23-30(33)31(21-26-12-6-3-7-13-26)22-27-14-8-4-9-15-27/h3-20H,21-23H2,1-2H3. The van der Waals surface area contributed by atoms with Gasteiger partial charge in [0.15, 0.2) is 0 Å². The van der Waals surface area contributed by atoms with Crippen molar-refractivity contribution in [3.05, 3.63) is 131 Å². The van der Waals surface area contributed by atoms with Crippen LogP contribution in [0.4, 0.5) is 5.69 Å². The first kappa shape index (κ1) is 25.2. The van der Waals surface area contributed by atoms with Crippen molar-refractivity contribution in [1.29, 1.82) is 0 Å². The summed E-state index contributed by atoms with van der Waals surface area (Å²) in [6.07, 6.45) is 0. The Bertz CT molecular complexity index is 1370. The highest BCUT2D eigenvalue weighted by Gasteiger charge is 2.30. The van der Waals surface area contributed by atoms with E-state index < -0.39 is 10.0 Å². The number of aryl methyl sites for hydroxylation is 2. The summed E-state index contributed by atoms with van der Waals surface area (Å²) in [5.41, 5.74) is 4.16. The van der Waals surface area contributed by atoms with E-state index in [0.29, 0.717) is 18.8 Å². The molecule has 0 saturated heterocycles. The zero-order valence-electron chi connectivity index (χ0n) is 20.5. The molecule has 5 nitrogen and oxygen atoms in total. The molecular weight excluding hydrogens is 468 g/mol. The van der Waals surface area contributed by atoms with Gasteiger partial charge in [-0.25, -0.2) is 8.42 Å². The highest BCUT2D eigenvalue weighted by atomic mass is 32.2. The quantitative estimate of drug-likeness (QED) is 0.296.